The Bertz CT molecular complexity index is 953. The number of fused-ring (bicyclic) bond motifs is 4. The topological polar surface area (TPSA) is 38.7 Å². The lowest BCUT2D eigenvalue weighted by molar-refractivity contribution is -0.135. The molecule has 1 aliphatic rings. The largest absolute Gasteiger partial charge is 0.461 e. The Kier molecular flexibility index (Phi) is 3.01. The number of carbonyl (C=O) groups is 1. The first-order valence-electron chi connectivity index (χ1n) is 7.37. The van der Waals surface area contributed by atoms with Crippen LogP contribution in [0.3, 0.4) is 0 Å². The van der Waals surface area contributed by atoms with Gasteiger partial charge in [0.1, 0.15) is 5.71 Å². The molecule has 4 rings (SSSR count). The first-order chi connectivity index (χ1) is 10.7. The molecule has 4 heteroatoms. The first-order valence-corrected chi connectivity index (χ1v) is 8.19. The van der Waals surface area contributed by atoms with Crippen molar-refractivity contribution < 1.29 is 9.53 Å². The lowest BCUT2D eigenvalue weighted by Crippen LogP contribution is -2.17. The van der Waals surface area contributed by atoms with E-state index >= 15 is 0 Å². The number of benzene rings is 2. The van der Waals surface area contributed by atoms with Gasteiger partial charge in [-0.3, -0.25) is 0 Å². The van der Waals surface area contributed by atoms with Crippen molar-refractivity contribution in [2.75, 3.05) is 6.61 Å². The molecule has 0 bridgehead atoms. The van der Waals surface area contributed by atoms with Crippen LogP contribution < -0.4 is 0 Å². The summed E-state index contributed by atoms with van der Waals surface area (Å²) >= 11 is 1.79. The van der Waals surface area contributed by atoms with Crippen LogP contribution in [0.4, 0.5) is 5.69 Å². The van der Waals surface area contributed by atoms with Crippen LogP contribution in [-0.2, 0) is 16.0 Å². The molecule has 0 aliphatic carbocycles. The molecule has 0 atom stereocenters. The van der Waals surface area contributed by atoms with E-state index in [0.29, 0.717) is 18.7 Å². The van der Waals surface area contributed by atoms with E-state index in [1.54, 1.807) is 11.3 Å². The maximum Gasteiger partial charge on any atom is 0.353 e. The number of aliphatic imine (C=N–C) groups is 1. The molecule has 2 aromatic carbocycles. The minimum absolute atomic E-state index is 0.300. The highest BCUT2D eigenvalue weighted by molar-refractivity contribution is 7.25. The Morgan fingerprint density at radius 3 is 2.95 bits per heavy atom. The van der Waals surface area contributed by atoms with Gasteiger partial charge < -0.3 is 4.74 Å². The van der Waals surface area contributed by atoms with Crippen molar-refractivity contribution in [1.82, 2.24) is 0 Å². The summed E-state index contributed by atoms with van der Waals surface area (Å²) in [6, 6.07) is 10.6. The molecule has 0 N–H and O–H groups in total. The molecule has 0 amide bonds. The number of carbonyl (C=O) groups excluding carboxylic acids is 1. The van der Waals surface area contributed by atoms with Gasteiger partial charge in [-0.25, -0.2) is 9.79 Å². The average molecular weight is 309 g/mol. The number of ether oxygens (including phenoxy) is 1. The molecule has 2 heterocycles. The van der Waals surface area contributed by atoms with Gasteiger partial charge in [-0.1, -0.05) is 18.2 Å². The summed E-state index contributed by atoms with van der Waals surface area (Å²) in [6.45, 7) is 4.29. The van der Waals surface area contributed by atoms with Crippen molar-refractivity contribution >= 4 is 48.9 Å². The van der Waals surface area contributed by atoms with Crippen molar-refractivity contribution in [3.8, 4) is 0 Å². The van der Waals surface area contributed by atoms with Gasteiger partial charge in [0, 0.05) is 26.6 Å². The van der Waals surface area contributed by atoms with Gasteiger partial charge in [0.05, 0.1) is 12.3 Å². The van der Waals surface area contributed by atoms with Crippen molar-refractivity contribution in [2.45, 2.75) is 20.3 Å². The Hall–Kier alpha value is -2.20. The van der Waals surface area contributed by atoms with E-state index in [1.807, 2.05) is 6.92 Å². The molecule has 0 spiro atoms. The van der Waals surface area contributed by atoms with Gasteiger partial charge in [0.2, 0.25) is 0 Å². The number of thiophene rings is 1. The number of rotatable bonds is 2. The van der Waals surface area contributed by atoms with E-state index < -0.39 is 0 Å². The fraction of sp³-hybridized carbons (Fsp3) is 0.222. The van der Waals surface area contributed by atoms with Crippen LogP contribution >= 0.6 is 11.3 Å². The third-order valence-corrected chi connectivity index (χ3v) is 5.20. The van der Waals surface area contributed by atoms with Gasteiger partial charge in [-0.15, -0.1) is 11.3 Å². The fourth-order valence-electron chi connectivity index (χ4n) is 3.12. The minimum Gasteiger partial charge on any atom is -0.461 e. The van der Waals surface area contributed by atoms with E-state index in [0.717, 1.165) is 16.8 Å². The molecule has 110 valence electrons. The third-order valence-electron chi connectivity index (χ3n) is 4.08. The molecule has 3 aromatic rings. The van der Waals surface area contributed by atoms with E-state index in [2.05, 4.69) is 42.2 Å². The quantitative estimate of drug-likeness (QED) is 0.651. The van der Waals surface area contributed by atoms with Crippen LogP contribution in [0, 0.1) is 6.92 Å². The number of nitrogens with zero attached hydrogens (tertiary/aromatic N) is 1. The SMILES string of the molecule is CCOC(=O)C1=Nc2c(cc3sc4ccccc4c3c2C)C1. The second kappa shape index (κ2) is 4.92. The molecule has 3 nitrogen and oxygen atoms in total. The molecule has 1 aromatic heterocycles. The maximum absolute atomic E-state index is 11.9. The van der Waals surface area contributed by atoms with E-state index in [-0.39, 0.29) is 5.97 Å². The lowest BCUT2D eigenvalue weighted by Gasteiger charge is -2.04. The first kappa shape index (κ1) is 13.5. The number of esters is 1. The Morgan fingerprint density at radius 2 is 2.14 bits per heavy atom. The van der Waals surface area contributed by atoms with Gasteiger partial charge in [0.25, 0.3) is 0 Å². The molecule has 22 heavy (non-hydrogen) atoms. The summed E-state index contributed by atoms with van der Waals surface area (Å²) in [5.74, 6) is -0.300. The van der Waals surface area contributed by atoms with Crippen LogP contribution in [-0.4, -0.2) is 18.3 Å². The van der Waals surface area contributed by atoms with E-state index in [1.165, 1.54) is 20.2 Å². The van der Waals surface area contributed by atoms with Crippen LogP contribution in [0.15, 0.2) is 35.3 Å². The standard InChI is InChI=1S/C18H15NO2S/c1-3-21-18(20)13-8-11-9-15-16(10(2)17(11)19-13)12-6-4-5-7-14(12)22-15/h4-7,9H,3,8H2,1-2H3. The summed E-state index contributed by atoms with van der Waals surface area (Å²) in [6.07, 6.45) is 0.569. The third kappa shape index (κ3) is 1.87. The van der Waals surface area contributed by atoms with Gasteiger partial charge in [-0.05, 0) is 37.1 Å². The predicted octanol–water partition coefficient (Wildman–Crippen LogP) is 4.55. The zero-order chi connectivity index (χ0) is 15.3. The van der Waals surface area contributed by atoms with Gasteiger partial charge in [-0.2, -0.15) is 0 Å². The van der Waals surface area contributed by atoms with Crippen LogP contribution in [0.2, 0.25) is 0 Å². The number of hydrogen-bond donors (Lipinski definition) is 0. The van der Waals surface area contributed by atoms with Crippen LogP contribution in [0.25, 0.3) is 20.2 Å². The minimum atomic E-state index is -0.300. The van der Waals surface area contributed by atoms with Crippen molar-refractivity contribution in [3.63, 3.8) is 0 Å². The molecule has 0 saturated heterocycles. The van der Waals surface area contributed by atoms with Crippen LogP contribution in [0.1, 0.15) is 18.1 Å². The van der Waals surface area contributed by atoms with Crippen molar-refractivity contribution in [2.24, 2.45) is 4.99 Å². The molecule has 0 saturated carbocycles. The number of hydrogen-bond acceptors (Lipinski definition) is 4. The van der Waals surface area contributed by atoms with Crippen molar-refractivity contribution in [1.29, 1.82) is 0 Å². The molecule has 0 unspecified atom stereocenters. The number of aryl methyl sites for hydroxylation is 1. The van der Waals surface area contributed by atoms with Crippen LogP contribution in [0.5, 0.6) is 0 Å². The normalized spacial score (nSPS) is 13.5. The van der Waals surface area contributed by atoms with E-state index in [4.69, 9.17) is 4.74 Å². The lowest BCUT2D eigenvalue weighted by atomic mass is 10.0. The van der Waals surface area contributed by atoms with E-state index in [9.17, 15) is 4.79 Å². The second-order valence-electron chi connectivity index (χ2n) is 5.44. The summed E-state index contributed by atoms with van der Waals surface area (Å²) in [4.78, 5) is 16.5. The molecular weight excluding hydrogens is 294 g/mol. The monoisotopic (exact) mass is 309 g/mol. The molecule has 0 fully saturated rings. The van der Waals surface area contributed by atoms with Crippen molar-refractivity contribution in [3.05, 3.63) is 41.5 Å². The summed E-state index contributed by atoms with van der Waals surface area (Å²) in [7, 11) is 0. The molecular formula is C18H15NO2S. The molecule has 0 radical (unpaired) electrons. The highest BCUT2D eigenvalue weighted by Gasteiger charge is 2.25. The van der Waals surface area contributed by atoms with Gasteiger partial charge >= 0.3 is 5.97 Å². The van der Waals surface area contributed by atoms with Gasteiger partial charge in [0.15, 0.2) is 0 Å². The fourth-order valence-corrected chi connectivity index (χ4v) is 4.35. The second-order valence-corrected chi connectivity index (χ2v) is 6.52. The zero-order valence-corrected chi connectivity index (χ0v) is 13.3. The predicted molar refractivity (Wildman–Crippen MR) is 91.5 cm³/mol. The molecule has 1 aliphatic heterocycles. The maximum atomic E-state index is 11.9. The summed E-state index contributed by atoms with van der Waals surface area (Å²) in [5, 5.41) is 2.52. The Labute approximate surface area is 132 Å². The highest BCUT2D eigenvalue weighted by atomic mass is 32.1. The smallest absolute Gasteiger partial charge is 0.353 e. The summed E-state index contributed by atoms with van der Waals surface area (Å²) in [5.41, 5.74) is 3.74. The zero-order valence-electron chi connectivity index (χ0n) is 12.5. The average Bonchev–Trinajstić information content (AvgIpc) is 3.09. The summed E-state index contributed by atoms with van der Waals surface area (Å²) < 4.78 is 7.63. The Balaban J connectivity index is 1.93. The highest BCUT2D eigenvalue weighted by Crippen LogP contribution is 2.43. The Morgan fingerprint density at radius 1 is 1.32 bits per heavy atom.